The van der Waals surface area contributed by atoms with Crippen LogP contribution in [0.2, 0.25) is 5.02 Å². The normalized spacial score (nSPS) is 10.5. The van der Waals surface area contributed by atoms with E-state index >= 15 is 0 Å². The first-order chi connectivity index (χ1) is 6.18. The zero-order valence-electron chi connectivity index (χ0n) is 6.23. The first kappa shape index (κ1) is 8.40. The lowest BCUT2D eigenvalue weighted by Gasteiger charge is -1.93. The summed E-state index contributed by atoms with van der Waals surface area (Å²) in [4.78, 5) is 14.0. The van der Waals surface area contributed by atoms with Gasteiger partial charge in [-0.05, 0) is 0 Å². The van der Waals surface area contributed by atoms with Crippen molar-refractivity contribution in [2.24, 2.45) is 0 Å². The zero-order valence-corrected chi connectivity index (χ0v) is 7.80. The van der Waals surface area contributed by atoms with Crippen molar-refractivity contribution in [3.8, 4) is 0 Å². The molecule has 6 heteroatoms. The monoisotopic (exact) mass is 214 g/mol. The predicted octanol–water partition coefficient (Wildman–Crippen LogP) is 2.86. The molecule has 1 aromatic carbocycles. The number of benzene rings is 1. The van der Waals surface area contributed by atoms with Gasteiger partial charge in [-0.2, -0.15) is 0 Å². The van der Waals surface area contributed by atoms with Gasteiger partial charge in [0.2, 0.25) is 0 Å². The summed E-state index contributed by atoms with van der Waals surface area (Å²) in [5.41, 5.74) is 2.24. The van der Waals surface area contributed by atoms with E-state index in [-0.39, 0.29) is 5.69 Å². The number of aromatic nitrogens is 1. The van der Waals surface area contributed by atoms with Crippen LogP contribution in [-0.2, 0) is 0 Å². The Morgan fingerprint density at radius 3 is 3.00 bits per heavy atom. The number of non-ortho nitro benzene ring substituents is 1. The molecule has 0 aliphatic heterocycles. The molecule has 0 unspecified atom stereocenters. The number of nitro benzene ring substituents is 1. The second-order valence-electron chi connectivity index (χ2n) is 2.38. The second kappa shape index (κ2) is 2.93. The van der Waals surface area contributed by atoms with Gasteiger partial charge < -0.3 is 0 Å². The highest BCUT2D eigenvalue weighted by Gasteiger charge is 2.11. The van der Waals surface area contributed by atoms with E-state index in [0.29, 0.717) is 10.5 Å². The number of nitrogens with zero attached hydrogens (tertiary/aromatic N) is 2. The van der Waals surface area contributed by atoms with E-state index in [4.69, 9.17) is 11.6 Å². The Kier molecular flexibility index (Phi) is 1.90. The maximum absolute atomic E-state index is 10.4. The van der Waals surface area contributed by atoms with Gasteiger partial charge in [-0.15, -0.1) is 11.3 Å². The van der Waals surface area contributed by atoms with E-state index in [9.17, 15) is 10.1 Å². The molecule has 1 aromatic heterocycles. The molecule has 0 saturated heterocycles. The summed E-state index contributed by atoms with van der Waals surface area (Å²) in [6.45, 7) is 0. The van der Waals surface area contributed by atoms with Crippen LogP contribution < -0.4 is 0 Å². The molecule has 0 bridgehead atoms. The fourth-order valence-corrected chi connectivity index (χ4v) is 2.07. The highest BCUT2D eigenvalue weighted by atomic mass is 35.5. The Balaban J connectivity index is 2.77. The number of hydrogen-bond acceptors (Lipinski definition) is 4. The Hall–Kier alpha value is -1.20. The average Bonchev–Trinajstić information content (AvgIpc) is 2.51. The van der Waals surface area contributed by atoms with Crippen LogP contribution in [0.3, 0.4) is 0 Å². The van der Waals surface area contributed by atoms with Gasteiger partial charge in [0.1, 0.15) is 5.52 Å². The molecule has 0 radical (unpaired) electrons. The molecular weight excluding hydrogens is 212 g/mol. The number of rotatable bonds is 1. The molecule has 0 aliphatic rings. The Morgan fingerprint density at radius 2 is 2.31 bits per heavy atom. The highest BCUT2D eigenvalue weighted by Crippen LogP contribution is 2.30. The van der Waals surface area contributed by atoms with E-state index in [1.165, 1.54) is 23.5 Å². The largest absolute Gasteiger partial charge is 0.272 e. The van der Waals surface area contributed by atoms with Crippen LogP contribution in [0.25, 0.3) is 10.2 Å². The van der Waals surface area contributed by atoms with Crippen LogP contribution in [0, 0.1) is 10.1 Å². The summed E-state index contributed by atoms with van der Waals surface area (Å²) in [5.74, 6) is 0. The van der Waals surface area contributed by atoms with Gasteiger partial charge >= 0.3 is 0 Å². The molecule has 13 heavy (non-hydrogen) atoms. The minimum absolute atomic E-state index is 0.00162. The van der Waals surface area contributed by atoms with Crippen molar-refractivity contribution in [2.45, 2.75) is 0 Å². The Morgan fingerprint density at radius 1 is 1.54 bits per heavy atom. The van der Waals surface area contributed by atoms with Crippen molar-refractivity contribution in [3.05, 3.63) is 32.8 Å². The number of hydrogen-bond donors (Lipinski definition) is 0. The van der Waals surface area contributed by atoms with Gasteiger partial charge in [-0.1, -0.05) is 11.6 Å². The van der Waals surface area contributed by atoms with Crippen molar-refractivity contribution in [3.63, 3.8) is 0 Å². The molecule has 0 N–H and O–H groups in total. The predicted molar refractivity (Wildman–Crippen MR) is 51.3 cm³/mol. The number of halogens is 1. The third-order valence-electron chi connectivity index (χ3n) is 1.59. The minimum Gasteiger partial charge on any atom is -0.258 e. The van der Waals surface area contributed by atoms with Crippen molar-refractivity contribution >= 4 is 38.8 Å². The summed E-state index contributed by atoms with van der Waals surface area (Å²) < 4.78 is 0.735. The first-order valence-electron chi connectivity index (χ1n) is 3.35. The van der Waals surface area contributed by atoms with Gasteiger partial charge in [0.25, 0.3) is 5.69 Å². The van der Waals surface area contributed by atoms with Crippen molar-refractivity contribution in [2.75, 3.05) is 0 Å². The lowest BCUT2D eigenvalue weighted by Crippen LogP contribution is -1.87. The van der Waals surface area contributed by atoms with Gasteiger partial charge in [-0.25, -0.2) is 4.98 Å². The fraction of sp³-hybridized carbons (Fsp3) is 0. The van der Waals surface area contributed by atoms with E-state index in [1.54, 1.807) is 5.51 Å². The standard InChI is InChI=1S/C7H3ClN2O2S/c8-5-1-4(10(11)12)2-6-7(5)9-3-13-6/h1-3H. The van der Waals surface area contributed by atoms with Gasteiger partial charge in [0.15, 0.2) is 0 Å². The number of nitro groups is 1. The molecule has 2 rings (SSSR count). The number of fused-ring (bicyclic) bond motifs is 1. The maximum Gasteiger partial charge on any atom is 0.272 e. The van der Waals surface area contributed by atoms with Crippen LogP contribution in [-0.4, -0.2) is 9.91 Å². The van der Waals surface area contributed by atoms with E-state index in [1.807, 2.05) is 0 Å². The molecule has 0 fully saturated rings. The molecule has 0 spiro atoms. The molecule has 0 saturated carbocycles. The molecule has 0 aliphatic carbocycles. The van der Waals surface area contributed by atoms with E-state index in [2.05, 4.69) is 4.98 Å². The van der Waals surface area contributed by atoms with Gasteiger partial charge in [0, 0.05) is 12.1 Å². The first-order valence-corrected chi connectivity index (χ1v) is 4.61. The summed E-state index contributed by atoms with van der Waals surface area (Å²) in [6, 6.07) is 2.78. The number of thiazole rings is 1. The SMILES string of the molecule is O=[N+]([O-])c1cc(Cl)c2ncsc2c1. The second-order valence-corrected chi connectivity index (χ2v) is 3.68. The Bertz CT molecular complexity index is 482. The van der Waals surface area contributed by atoms with Crippen molar-refractivity contribution in [1.29, 1.82) is 0 Å². The summed E-state index contributed by atoms with van der Waals surface area (Å²) in [5, 5.41) is 10.8. The Labute approximate surface area is 81.9 Å². The summed E-state index contributed by atoms with van der Waals surface area (Å²) >= 11 is 7.12. The smallest absolute Gasteiger partial charge is 0.258 e. The van der Waals surface area contributed by atoms with Crippen LogP contribution in [0.4, 0.5) is 5.69 Å². The van der Waals surface area contributed by atoms with Gasteiger partial charge in [0.05, 0.1) is 20.2 Å². The van der Waals surface area contributed by atoms with Crippen molar-refractivity contribution < 1.29 is 4.92 Å². The quantitative estimate of drug-likeness (QED) is 0.542. The molecule has 1 heterocycles. The minimum atomic E-state index is -0.467. The highest BCUT2D eigenvalue weighted by molar-refractivity contribution is 7.16. The molecule has 4 nitrogen and oxygen atoms in total. The van der Waals surface area contributed by atoms with Crippen molar-refractivity contribution in [1.82, 2.24) is 4.98 Å². The third kappa shape index (κ3) is 1.36. The zero-order chi connectivity index (χ0) is 9.42. The lowest BCUT2D eigenvalue weighted by molar-refractivity contribution is -0.384. The third-order valence-corrected chi connectivity index (χ3v) is 2.65. The molecule has 0 amide bonds. The van der Waals surface area contributed by atoms with E-state index < -0.39 is 4.92 Å². The summed E-state index contributed by atoms with van der Waals surface area (Å²) in [7, 11) is 0. The van der Waals surface area contributed by atoms with Gasteiger partial charge in [-0.3, -0.25) is 10.1 Å². The van der Waals surface area contributed by atoms with Crippen LogP contribution in [0.5, 0.6) is 0 Å². The lowest BCUT2D eigenvalue weighted by atomic mass is 10.3. The molecular formula is C7H3ClN2O2S. The molecule has 0 atom stereocenters. The molecule has 2 aromatic rings. The summed E-state index contributed by atoms with van der Waals surface area (Å²) in [6.07, 6.45) is 0. The topological polar surface area (TPSA) is 56.0 Å². The van der Waals surface area contributed by atoms with Crippen LogP contribution >= 0.6 is 22.9 Å². The fourth-order valence-electron chi connectivity index (χ4n) is 1.02. The molecule has 66 valence electrons. The van der Waals surface area contributed by atoms with Crippen LogP contribution in [0.1, 0.15) is 0 Å². The van der Waals surface area contributed by atoms with Crippen LogP contribution in [0.15, 0.2) is 17.6 Å². The maximum atomic E-state index is 10.4. The average molecular weight is 215 g/mol. The van der Waals surface area contributed by atoms with E-state index in [0.717, 1.165) is 4.70 Å².